The van der Waals surface area contributed by atoms with Gasteiger partial charge in [0.15, 0.2) is 0 Å². The maximum Gasteiger partial charge on any atom is 0.256 e. The molecule has 2 rings (SSSR count). The fourth-order valence-corrected chi connectivity index (χ4v) is 2.14. The maximum absolute atomic E-state index is 12.1. The molecule has 1 aromatic rings. The minimum atomic E-state index is -0.242. The second kappa shape index (κ2) is 5.59. The molecule has 18 heavy (non-hydrogen) atoms. The number of nitrogens with one attached hydrogen (secondary N) is 1. The Kier molecular flexibility index (Phi) is 4.09. The van der Waals surface area contributed by atoms with Crippen LogP contribution in [0.15, 0.2) is 18.2 Å². The number of benzene rings is 1. The standard InChI is InChI=1S/C13H17ClN2O2/c1-18-11-4-2-3-9(14)12(11)13(17)16-7-10(15)8-5-6-8/h2-4,8,10H,5-7,15H2,1H3,(H,16,17). The van der Waals surface area contributed by atoms with E-state index in [1.807, 2.05) is 0 Å². The van der Waals surface area contributed by atoms with Gasteiger partial charge in [0, 0.05) is 12.6 Å². The van der Waals surface area contributed by atoms with E-state index in [1.165, 1.54) is 7.11 Å². The van der Waals surface area contributed by atoms with Crippen LogP contribution in [0.2, 0.25) is 5.02 Å². The van der Waals surface area contributed by atoms with Gasteiger partial charge in [-0.3, -0.25) is 4.79 Å². The van der Waals surface area contributed by atoms with Crippen molar-refractivity contribution in [2.45, 2.75) is 18.9 Å². The molecule has 1 saturated carbocycles. The molecule has 1 unspecified atom stereocenters. The van der Waals surface area contributed by atoms with Gasteiger partial charge in [0.25, 0.3) is 5.91 Å². The zero-order valence-electron chi connectivity index (χ0n) is 10.3. The topological polar surface area (TPSA) is 64.3 Å². The lowest BCUT2D eigenvalue weighted by Crippen LogP contribution is -2.38. The molecule has 1 amide bonds. The molecule has 98 valence electrons. The number of nitrogens with two attached hydrogens (primary N) is 1. The summed E-state index contributed by atoms with van der Waals surface area (Å²) < 4.78 is 5.14. The second-order valence-corrected chi connectivity index (χ2v) is 4.94. The molecule has 1 aliphatic rings. The first-order chi connectivity index (χ1) is 8.63. The van der Waals surface area contributed by atoms with Crippen molar-refractivity contribution in [2.75, 3.05) is 13.7 Å². The number of amides is 1. The lowest BCUT2D eigenvalue weighted by atomic mass is 10.1. The predicted octanol–water partition coefficient (Wildman–Crippen LogP) is 1.82. The highest BCUT2D eigenvalue weighted by Crippen LogP contribution is 2.31. The molecule has 0 aromatic heterocycles. The van der Waals surface area contributed by atoms with Crippen LogP contribution in [-0.2, 0) is 0 Å². The highest BCUT2D eigenvalue weighted by atomic mass is 35.5. The van der Waals surface area contributed by atoms with Crippen molar-refractivity contribution in [1.82, 2.24) is 5.32 Å². The Labute approximate surface area is 111 Å². The summed E-state index contributed by atoms with van der Waals surface area (Å²) in [6.45, 7) is 0.470. The molecule has 0 radical (unpaired) electrons. The van der Waals surface area contributed by atoms with Crippen LogP contribution in [0.4, 0.5) is 0 Å². The van der Waals surface area contributed by atoms with Crippen molar-refractivity contribution >= 4 is 17.5 Å². The van der Waals surface area contributed by atoms with Gasteiger partial charge < -0.3 is 15.8 Å². The Balaban J connectivity index is 2.03. The van der Waals surface area contributed by atoms with Gasteiger partial charge in [-0.15, -0.1) is 0 Å². The van der Waals surface area contributed by atoms with E-state index in [2.05, 4.69) is 5.32 Å². The van der Waals surface area contributed by atoms with Gasteiger partial charge in [0.05, 0.1) is 17.7 Å². The average molecular weight is 269 g/mol. The van der Waals surface area contributed by atoms with Crippen LogP contribution >= 0.6 is 11.6 Å². The summed E-state index contributed by atoms with van der Waals surface area (Å²) in [5.41, 5.74) is 6.30. The largest absolute Gasteiger partial charge is 0.496 e. The first-order valence-corrected chi connectivity index (χ1v) is 6.37. The van der Waals surface area contributed by atoms with Crippen LogP contribution in [0, 0.1) is 5.92 Å². The van der Waals surface area contributed by atoms with Gasteiger partial charge in [0.1, 0.15) is 5.75 Å². The molecular formula is C13H17ClN2O2. The quantitative estimate of drug-likeness (QED) is 0.856. The number of methoxy groups -OCH3 is 1. The van der Waals surface area contributed by atoms with E-state index >= 15 is 0 Å². The monoisotopic (exact) mass is 268 g/mol. The summed E-state index contributed by atoms with van der Waals surface area (Å²) in [4.78, 5) is 12.1. The molecular weight excluding hydrogens is 252 g/mol. The Hall–Kier alpha value is -1.26. The van der Waals surface area contributed by atoms with Gasteiger partial charge in [-0.25, -0.2) is 0 Å². The van der Waals surface area contributed by atoms with E-state index in [0.717, 1.165) is 12.8 Å². The number of carbonyl (C=O) groups is 1. The van der Waals surface area contributed by atoms with Gasteiger partial charge in [-0.05, 0) is 30.9 Å². The third-order valence-electron chi connectivity index (χ3n) is 3.15. The van der Waals surface area contributed by atoms with E-state index < -0.39 is 0 Å². The Morgan fingerprint density at radius 2 is 2.33 bits per heavy atom. The smallest absolute Gasteiger partial charge is 0.256 e. The average Bonchev–Trinajstić information content (AvgIpc) is 3.19. The van der Waals surface area contributed by atoms with Gasteiger partial charge >= 0.3 is 0 Å². The summed E-state index contributed by atoms with van der Waals surface area (Å²) >= 11 is 6.02. The molecule has 0 bridgehead atoms. The van der Waals surface area contributed by atoms with E-state index in [0.29, 0.717) is 28.8 Å². The number of carbonyl (C=O) groups excluding carboxylic acids is 1. The Bertz CT molecular complexity index is 447. The van der Waals surface area contributed by atoms with Crippen molar-refractivity contribution in [2.24, 2.45) is 11.7 Å². The maximum atomic E-state index is 12.1. The second-order valence-electron chi connectivity index (χ2n) is 4.53. The lowest BCUT2D eigenvalue weighted by molar-refractivity contribution is 0.0947. The molecule has 0 aliphatic heterocycles. The van der Waals surface area contributed by atoms with Crippen LogP contribution in [-0.4, -0.2) is 25.6 Å². The van der Waals surface area contributed by atoms with E-state index in [1.54, 1.807) is 18.2 Å². The SMILES string of the molecule is COc1cccc(Cl)c1C(=O)NCC(N)C1CC1. The van der Waals surface area contributed by atoms with Gasteiger partial charge in [0.2, 0.25) is 0 Å². The number of hydrogen-bond acceptors (Lipinski definition) is 3. The summed E-state index contributed by atoms with van der Waals surface area (Å²) in [6.07, 6.45) is 2.32. The number of rotatable bonds is 5. The number of ether oxygens (including phenoxy) is 1. The van der Waals surface area contributed by atoms with Crippen LogP contribution in [0.1, 0.15) is 23.2 Å². The minimum Gasteiger partial charge on any atom is -0.496 e. The normalized spacial score (nSPS) is 16.2. The first-order valence-electron chi connectivity index (χ1n) is 5.99. The van der Waals surface area contributed by atoms with E-state index in [9.17, 15) is 4.79 Å². The Morgan fingerprint density at radius 1 is 1.61 bits per heavy atom. The third-order valence-corrected chi connectivity index (χ3v) is 3.46. The molecule has 3 N–H and O–H groups in total. The van der Waals surface area contributed by atoms with Gasteiger partial charge in [-0.2, -0.15) is 0 Å². The highest BCUT2D eigenvalue weighted by Gasteiger charge is 2.28. The third kappa shape index (κ3) is 2.94. The molecule has 0 spiro atoms. The van der Waals surface area contributed by atoms with Crippen molar-refractivity contribution in [1.29, 1.82) is 0 Å². The lowest BCUT2D eigenvalue weighted by Gasteiger charge is -2.14. The molecule has 0 heterocycles. The summed E-state index contributed by atoms with van der Waals surface area (Å²) in [5, 5.41) is 3.19. The van der Waals surface area contributed by atoms with Crippen molar-refractivity contribution in [3.63, 3.8) is 0 Å². The molecule has 1 aromatic carbocycles. The molecule has 1 fully saturated rings. The van der Waals surface area contributed by atoms with E-state index in [-0.39, 0.29) is 11.9 Å². The van der Waals surface area contributed by atoms with Crippen LogP contribution in [0.5, 0.6) is 5.75 Å². The molecule has 4 nitrogen and oxygen atoms in total. The van der Waals surface area contributed by atoms with Crippen LogP contribution in [0.25, 0.3) is 0 Å². The van der Waals surface area contributed by atoms with Crippen LogP contribution < -0.4 is 15.8 Å². The summed E-state index contributed by atoms with van der Waals surface area (Å²) in [6, 6.07) is 5.15. The molecule has 1 aliphatic carbocycles. The highest BCUT2D eigenvalue weighted by molar-refractivity contribution is 6.34. The predicted molar refractivity (Wildman–Crippen MR) is 71.0 cm³/mol. The van der Waals surface area contributed by atoms with Crippen molar-refractivity contribution in [3.05, 3.63) is 28.8 Å². The fourth-order valence-electron chi connectivity index (χ4n) is 1.88. The molecule has 1 atom stereocenters. The number of halogens is 1. The van der Waals surface area contributed by atoms with Crippen molar-refractivity contribution < 1.29 is 9.53 Å². The summed E-state index contributed by atoms with van der Waals surface area (Å²) in [7, 11) is 1.51. The number of hydrogen-bond donors (Lipinski definition) is 2. The molecule has 5 heteroatoms. The fraction of sp³-hybridized carbons (Fsp3) is 0.462. The van der Waals surface area contributed by atoms with E-state index in [4.69, 9.17) is 22.1 Å². The molecule has 0 saturated heterocycles. The first kappa shape index (κ1) is 13.2. The summed E-state index contributed by atoms with van der Waals surface area (Å²) in [5.74, 6) is 0.784. The zero-order valence-corrected chi connectivity index (χ0v) is 11.0. The van der Waals surface area contributed by atoms with Gasteiger partial charge in [-0.1, -0.05) is 17.7 Å². The zero-order chi connectivity index (χ0) is 13.1. The Morgan fingerprint density at radius 3 is 2.94 bits per heavy atom. The van der Waals surface area contributed by atoms with Crippen LogP contribution in [0.3, 0.4) is 0 Å². The minimum absolute atomic E-state index is 0.0300. The van der Waals surface area contributed by atoms with Crippen molar-refractivity contribution in [3.8, 4) is 5.75 Å².